The number of hydrogen-bond donors (Lipinski definition) is 2. The van der Waals surface area contributed by atoms with Crippen molar-refractivity contribution in [3.05, 3.63) is 35.4 Å². The van der Waals surface area contributed by atoms with Gasteiger partial charge in [0.25, 0.3) is 0 Å². The summed E-state index contributed by atoms with van der Waals surface area (Å²) < 4.78 is 38.2. The van der Waals surface area contributed by atoms with Gasteiger partial charge in [-0.1, -0.05) is 32.0 Å². The third-order valence-corrected chi connectivity index (χ3v) is 3.36. The van der Waals surface area contributed by atoms with Crippen molar-refractivity contribution in [2.24, 2.45) is 0 Å². The van der Waals surface area contributed by atoms with Gasteiger partial charge in [0.15, 0.2) is 0 Å². The Kier molecular flexibility index (Phi) is 5.96. The number of carboxylic acid groups (broad SMARTS) is 1. The Bertz CT molecular complexity index is 543. The van der Waals surface area contributed by atoms with Gasteiger partial charge in [-0.3, -0.25) is 4.79 Å². The van der Waals surface area contributed by atoms with Gasteiger partial charge < -0.3 is 10.4 Å². The van der Waals surface area contributed by atoms with E-state index in [-0.39, 0.29) is 18.4 Å². The zero-order chi connectivity index (χ0) is 16.9. The standard InChI is InChI=1S/C15H18F3NO3/c1-3-11(13(20)19-12(4-2)14(21)22)9-6-5-7-10(8-9)15(16,17)18/h5-8,11-12H,3-4H2,1-2H3,(H,19,20)(H,21,22). The summed E-state index contributed by atoms with van der Waals surface area (Å²) in [5.74, 6) is -2.58. The molecule has 1 amide bonds. The molecule has 2 unspecified atom stereocenters. The molecule has 0 bridgehead atoms. The molecular weight excluding hydrogens is 299 g/mol. The van der Waals surface area contributed by atoms with E-state index in [0.29, 0.717) is 0 Å². The van der Waals surface area contributed by atoms with Crippen LogP contribution in [0, 0.1) is 0 Å². The Morgan fingerprint density at radius 2 is 1.86 bits per heavy atom. The van der Waals surface area contributed by atoms with Gasteiger partial charge in [0.05, 0.1) is 11.5 Å². The van der Waals surface area contributed by atoms with Crippen LogP contribution >= 0.6 is 0 Å². The van der Waals surface area contributed by atoms with Gasteiger partial charge in [0.2, 0.25) is 5.91 Å². The highest BCUT2D eigenvalue weighted by atomic mass is 19.4. The third kappa shape index (κ3) is 4.47. The summed E-state index contributed by atoms with van der Waals surface area (Å²) in [7, 11) is 0. The molecule has 0 heterocycles. The number of aliphatic carboxylic acids is 1. The van der Waals surface area contributed by atoms with Gasteiger partial charge >= 0.3 is 12.1 Å². The van der Waals surface area contributed by atoms with E-state index in [1.54, 1.807) is 13.8 Å². The fourth-order valence-corrected chi connectivity index (χ4v) is 2.11. The lowest BCUT2D eigenvalue weighted by atomic mass is 9.93. The molecule has 22 heavy (non-hydrogen) atoms. The Hall–Kier alpha value is -2.05. The van der Waals surface area contributed by atoms with E-state index in [1.165, 1.54) is 12.1 Å². The molecule has 0 fully saturated rings. The first-order valence-electron chi connectivity index (χ1n) is 6.91. The van der Waals surface area contributed by atoms with Gasteiger partial charge in [-0.25, -0.2) is 4.79 Å². The molecule has 1 aromatic carbocycles. The zero-order valence-electron chi connectivity index (χ0n) is 12.3. The summed E-state index contributed by atoms with van der Waals surface area (Å²) in [5.41, 5.74) is -0.614. The van der Waals surface area contributed by atoms with Crippen molar-refractivity contribution >= 4 is 11.9 Å². The summed E-state index contributed by atoms with van der Waals surface area (Å²) in [6.07, 6.45) is -4.03. The van der Waals surface area contributed by atoms with E-state index < -0.39 is 35.6 Å². The maximum atomic E-state index is 12.7. The van der Waals surface area contributed by atoms with Crippen LogP contribution < -0.4 is 5.32 Å². The van der Waals surface area contributed by atoms with Crippen molar-refractivity contribution in [3.63, 3.8) is 0 Å². The van der Waals surface area contributed by atoms with Crippen LogP contribution in [-0.4, -0.2) is 23.0 Å². The predicted octanol–water partition coefficient (Wildman–Crippen LogP) is 3.18. The number of carboxylic acids is 1. The second-order valence-electron chi connectivity index (χ2n) is 4.89. The maximum absolute atomic E-state index is 12.7. The number of alkyl halides is 3. The van der Waals surface area contributed by atoms with Crippen molar-refractivity contribution in [3.8, 4) is 0 Å². The van der Waals surface area contributed by atoms with Gasteiger partial charge in [0.1, 0.15) is 6.04 Å². The minimum absolute atomic E-state index is 0.195. The molecule has 1 rings (SSSR count). The van der Waals surface area contributed by atoms with Gasteiger partial charge in [0, 0.05) is 0 Å². The van der Waals surface area contributed by atoms with E-state index >= 15 is 0 Å². The molecule has 7 heteroatoms. The minimum atomic E-state index is -4.49. The highest BCUT2D eigenvalue weighted by Crippen LogP contribution is 2.31. The molecule has 0 aliphatic heterocycles. The van der Waals surface area contributed by atoms with Crippen molar-refractivity contribution in [1.29, 1.82) is 0 Å². The van der Waals surface area contributed by atoms with Crippen LogP contribution in [0.15, 0.2) is 24.3 Å². The summed E-state index contributed by atoms with van der Waals surface area (Å²) in [4.78, 5) is 23.1. The number of halogens is 3. The fourth-order valence-electron chi connectivity index (χ4n) is 2.11. The smallest absolute Gasteiger partial charge is 0.416 e. The molecular formula is C15H18F3NO3. The summed E-state index contributed by atoms with van der Waals surface area (Å²) in [6.45, 7) is 3.26. The van der Waals surface area contributed by atoms with Crippen LogP contribution in [0.2, 0.25) is 0 Å². The van der Waals surface area contributed by atoms with Crippen LogP contribution in [0.25, 0.3) is 0 Å². The number of amides is 1. The van der Waals surface area contributed by atoms with E-state index in [4.69, 9.17) is 5.11 Å². The first-order valence-corrected chi connectivity index (χ1v) is 6.91. The largest absolute Gasteiger partial charge is 0.480 e. The number of nitrogens with one attached hydrogen (secondary N) is 1. The van der Waals surface area contributed by atoms with Crippen molar-refractivity contribution in [1.82, 2.24) is 5.32 Å². The summed E-state index contributed by atoms with van der Waals surface area (Å²) >= 11 is 0. The van der Waals surface area contributed by atoms with Crippen LogP contribution in [-0.2, 0) is 15.8 Å². The molecule has 0 aliphatic carbocycles. The fraction of sp³-hybridized carbons (Fsp3) is 0.467. The lowest BCUT2D eigenvalue weighted by Gasteiger charge is -2.19. The second-order valence-corrected chi connectivity index (χ2v) is 4.89. The lowest BCUT2D eigenvalue weighted by molar-refractivity contribution is -0.142. The normalized spacial score (nSPS) is 14.2. The highest BCUT2D eigenvalue weighted by Gasteiger charge is 2.32. The first kappa shape index (κ1) is 18.0. The molecule has 4 nitrogen and oxygen atoms in total. The minimum Gasteiger partial charge on any atom is -0.480 e. The predicted molar refractivity (Wildman–Crippen MR) is 74.3 cm³/mol. The van der Waals surface area contributed by atoms with E-state index in [2.05, 4.69) is 5.32 Å². The van der Waals surface area contributed by atoms with Gasteiger partial charge in [-0.15, -0.1) is 0 Å². The lowest BCUT2D eigenvalue weighted by Crippen LogP contribution is -2.42. The Balaban J connectivity index is 3.01. The third-order valence-electron chi connectivity index (χ3n) is 3.36. The summed E-state index contributed by atoms with van der Waals surface area (Å²) in [5, 5.41) is 11.3. The number of benzene rings is 1. The van der Waals surface area contributed by atoms with Crippen molar-refractivity contribution in [2.75, 3.05) is 0 Å². The SMILES string of the molecule is CCC(NC(=O)C(CC)c1cccc(C(F)(F)F)c1)C(=O)O. The van der Waals surface area contributed by atoms with E-state index in [0.717, 1.165) is 12.1 Å². The molecule has 122 valence electrons. The molecule has 0 saturated carbocycles. The first-order chi connectivity index (χ1) is 10.2. The average molecular weight is 317 g/mol. The topological polar surface area (TPSA) is 66.4 Å². The van der Waals surface area contributed by atoms with Crippen molar-refractivity contribution < 1.29 is 27.9 Å². The maximum Gasteiger partial charge on any atom is 0.416 e. The molecule has 0 spiro atoms. The Morgan fingerprint density at radius 1 is 1.23 bits per heavy atom. The van der Waals surface area contributed by atoms with Crippen LogP contribution in [0.4, 0.5) is 13.2 Å². The molecule has 1 aromatic rings. The zero-order valence-corrected chi connectivity index (χ0v) is 12.3. The number of hydrogen-bond acceptors (Lipinski definition) is 2. The number of carbonyl (C=O) groups is 2. The Morgan fingerprint density at radius 3 is 2.32 bits per heavy atom. The number of rotatable bonds is 6. The average Bonchev–Trinajstić information content (AvgIpc) is 2.44. The highest BCUT2D eigenvalue weighted by molar-refractivity contribution is 5.88. The molecule has 2 atom stereocenters. The van der Waals surface area contributed by atoms with Gasteiger partial charge in [-0.2, -0.15) is 13.2 Å². The monoisotopic (exact) mass is 317 g/mol. The van der Waals surface area contributed by atoms with Crippen molar-refractivity contribution in [2.45, 2.75) is 44.8 Å². The molecule has 0 aliphatic rings. The second kappa shape index (κ2) is 7.29. The van der Waals surface area contributed by atoms with E-state index in [1.807, 2.05) is 0 Å². The molecule has 0 aromatic heterocycles. The Labute approximate surface area is 126 Å². The number of carbonyl (C=O) groups excluding carboxylic acids is 1. The quantitative estimate of drug-likeness (QED) is 0.847. The molecule has 0 radical (unpaired) electrons. The van der Waals surface area contributed by atoms with Gasteiger partial charge in [-0.05, 0) is 24.5 Å². The van der Waals surface area contributed by atoms with Crippen LogP contribution in [0.3, 0.4) is 0 Å². The summed E-state index contributed by atoms with van der Waals surface area (Å²) in [6, 6.07) is 3.48. The van der Waals surface area contributed by atoms with Crippen LogP contribution in [0.5, 0.6) is 0 Å². The molecule has 0 saturated heterocycles. The van der Waals surface area contributed by atoms with Crippen LogP contribution in [0.1, 0.15) is 43.7 Å². The molecule has 2 N–H and O–H groups in total. The van der Waals surface area contributed by atoms with E-state index in [9.17, 15) is 22.8 Å².